The van der Waals surface area contributed by atoms with Crippen LogP contribution in [-0.2, 0) is 54.6 Å². The minimum Gasteiger partial charge on any atom is -0.493 e. The Kier molecular flexibility index (Phi) is 25.6. The number of fused-ring (bicyclic) bond motifs is 4. The Labute approximate surface area is 540 Å². The van der Waals surface area contributed by atoms with E-state index in [9.17, 15) is 33.6 Å². The number of imidazole rings is 1. The van der Waals surface area contributed by atoms with Crippen LogP contribution in [0.4, 0.5) is 32.5 Å². The zero-order valence-corrected chi connectivity index (χ0v) is 53.3. The van der Waals surface area contributed by atoms with Crippen molar-refractivity contribution in [1.82, 2.24) is 19.4 Å². The van der Waals surface area contributed by atoms with Crippen LogP contribution in [0, 0.1) is 20.8 Å². The summed E-state index contributed by atoms with van der Waals surface area (Å²) in [5.74, 6) is -0.606. The number of carboxylic acid groups (broad SMARTS) is 1. The van der Waals surface area contributed by atoms with Crippen molar-refractivity contribution in [3.8, 4) is 11.5 Å². The third-order valence-electron chi connectivity index (χ3n) is 16.5. The second kappa shape index (κ2) is 34.1. The summed E-state index contributed by atoms with van der Waals surface area (Å²) in [6.07, 6.45) is 11.6. The molecular weight excluding hydrogens is 1200 g/mol. The molecule has 7 heterocycles. The number of carbonyl (C=O) groups excluding carboxylic acids is 8. The first-order chi connectivity index (χ1) is 44.9. The summed E-state index contributed by atoms with van der Waals surface area (Å²) < 4.78 is 49.5. The molecule has 3 N–H and O–H groups in total. The molecule has 3 aromatic carbocycles. The number of aryl methyl sites for hydroxylation is 4. The second-order valence-electron chi connectivity index (χ2n) is 23.3. The molecule has 0 aliphatic carbocycles. The molecule has 6 aliphatic rings. The van der Waals surface area contributed by atoms with Gasteiger partial charge in [0.2, 0.25) is 11.7 Å². The van der Waals surface area contributed by atoms with Crippen molar-refractivity contribution in [2.75, 3.05) is 73.2 Å². The van der Waals surface area contributed by atoms with Crippen molar-refractivity contribution in [2.45, 2.75) is 161 Å². The number of nitrogens with one attached hydrogen (secondary N) is 2. The lowest BCUT2D eigenvalue weighted by Crippen LogP contribution is -2.57. The van der Waals surface area contributed by atoms with Crippen LogP contribution in [0.1, 0.15) is 151 Å². The second-order valence-corrected chi connectivity index (χ2v) is 23.3. The van der Waals surface area contributed by atoms with Gasteiger partial charge in [0.25, 0.3) is 17.7 Å². The van der Waals surface area contributed by atoms with E-state index in [2.05, 4.69) is 28.8 Å². The predicted octanol–water partition coefficient (Wildman–Crippen LogP) is 9.76. The summed E-state index contributed by atoms with van der Waals surface area (Å²) in [6, 6.07) is 13.5. The number of hydrogen-bond acceptors (Lipinski definition) is 18. The summed E-state index contributed by atoms with van der Waals surface area (Å²) in [5.41, 5.74) is 4.53. The van der Waals surface area contributed by atoms with Crippen molar-refractivity contribution >= 4 is 70.8 Å². The Balaban J connectivity index is 0.000000243. The minimum absolute atomic E-state index is 0.00402. The van der Waals surface area contributed by atoms with Gasteiger partial charge >= 0.3 is 24.3 Å². The van der Waals surface area contributed by atoms with Crippen LogP contribution >= 0.6 is 0 Å². The summed E-state index contributed by atoms with van der Waals surface area (Å²) in [7, 11) is 1.68. The molecule has 1 aromatic heterocycles. The number of aliphatic carboxylic acids is 1. The molecule has 500 valence electrons. The fourth-order valence-electron chi connectivity index (χ4n) is 12.0. The summed E-state index contributed by atoms with van der Waals surface area (Å²) in [4.78, 5) is 119. The van der Waals surface area contributed by atoms with Crippen molar-refractivity contribution < 1.29 is 86.2 Å². The highest BCUT2D eigenvalue weighted by atomic mass is 16.7. The molecule has 6 atom stereocenters. The Bertz CT molecular complexity index is 3340. The van der Waals surface area contributed by atoms with Gasteiger partial charge in [-0.1, -0.05) is 43.0 Å². The van der Waals surface area contributed by atoms with Crippen LogP contribution in [-0.4, -0.2) is 162 Å². The molecule has 6 aliphatic heterocycles. The van der Waals surface area contributed by atoms with Gasteiger partial charge < -0.3 is 68.0 Å². The van der Waals surface area contributed by atoms with E-state index < -0.39 is 55.1 Å². The fraction of sp³-hybridized carbons (Fsp3) is 0.507. The number of hydrogen-bond donors (Lipinski definition) is 3. The molecule has 0 bridgehead atoms. The smallest absolute Gasteiger partial charge is 0.416 e. The molecule has 10 rings (SSSR count). The molecule has 0 spiro atoms. The molecule has 26 heteroatoms. The Hall–Kier alpha value is -8.94. The van der Waals surface area contributed by atoms with Crippen molar-refractivity contribution in [1.29, 1.82) is 0 Å². The number of aromatic nitrogens is 2. The molecule has 6 amide bonds. The molecule has 0 saturated carbocycles. The van der Waals surface area contributed by atoms with Crippen molar-refractivity contribution in [3.63, 3.8) is 0 Å². The first-order valence-corrected chi connectivity index (χ1v) is 31.7. The number of piperidine rings is 2. The van der Waals surface area contributed by atoms with Crippen LogP contribution in [0.15, 0.2) is 80.0 Å². The average molecular weight is 1290 g/mol. The summed E-state index contributed by atoms with van der Waals surface area (Å²) in [5, 5.41) is 14.5. The number of carbonyl (C=O) groups is 7. The maximum atomic E-state index is 14.1. The maximum absolute atomic E-state index is 14.1. The normalized spacial score (nSPS) is 20.7. The van der Waals surface area contributed by atoms with Gasteiger partial charge in [0.1, 0.15) is 24.7 Å². The molecule has 93 heavy (non-hydrogen) atoms. The van der Waals surface area contributed by atoms with E-state index in [-0.39, 0.29) is 80.8 Å². The topological polar surface area (TPSA) is 303 Å². The predicted molar refractivity (Wildman–Crippen MR) is 338 cm³/mol. The van der Waals surface area contributed by atoms with Crippen LogP contribution in [0.2, 0.25) is 0 Å². The van der Waals surface area contributed by atoms with Gasteiger partial charge in [-0.05, 0) is 146 Å². The number of amides is 6. The van der Waals surface area contributed by atoms with E-state index in [1.807, 2.05) is 54.8 Å². The van der Waals surface area contributed by atoms with E-state index in [1.54, 1.807) is 42.1 Å². The SMILES string of the molecule is C=CCOC(=O)N1c2cc(OCCCC(=O)Nc3cn(C)c(C(=O)Nc4ccc(C)cc4)n3)c(C)cc2C(=O)N2CCCC[C@H]2C1OC1CCCCO1.C=CCOC(=O)N1c2cc(OCCCC(=O)O)c(C)cc2C(=O)N2CCCC[C@H]2C1OC1CCCCO1.O=C=O. The van der Waals surface area contributed by atoms with E-state index >= 15 is 0 Å². The van der Waals surface area contributed by atoms with Crippen LogP contribution in [0.3, 0.4) is 0 Å². The van der Waals surface area contributed by atoms with Crippen LogP contribution < -0.4 is 29.9 Å². The highest BCUT2D eigenvalue weighted by Crippen LogP contribution is 2.42. The first-order valence-electron chi connectivity index (χ1n) is 31.7. The number of carboxylic acids is 1. The van der Waals surface area contributed by atoms with Gasteiger partial charge in [-0.3, -0.25) is 24.0 Å². The number of benzene rings is 3. The maximum Gasteiger partial charge on any atom is 0.416 e. The van der Waals surface area contributed by atoms with Gasteiger partial charge in [-0.15, -0.1) is 0 Å². The molecule has 0 radical (unpaired) electrons. The molecule has 4 saturated heterocycles. The highest BCUT2D eigenvalue weighted by Gasteiger charge is 2.49. The van der Waals surface area contributed by atoms with Crippen LogP contribution in [0.5, 0.6) is 11.5 Å². The summed E-state index contributed by atoms with van der Waals surface area (Å²) in [6.45, 7) is 15.6. The van der Waals surface area contributed by atoms with Gasteiger partial charge in [0, 0.05) is 70.2 Å². The number of nitrogens with zero attached hydrogens (tertiary/aromatic N) is 6. The number of anilines is 4. The largest absolute Gasteiger partial charge is 0.493 e. The van der Waals surface area contributed by atoms with Gasteiger partial charge in [0.15, 0.2) is 30.9 Å². The Morgan fingerprint density at radius 1 is 0.667 bits per heavy atom. The quantitative estimate of drug-likeness (QED) is 0.0516. The standard InChI is InChI=1S/C39H48N6O8.C27H36N2O8.CO2/c1-5-19-52-39(49)45-30-23-31(26(3)22-28(30)37(48)44-18-8-6-11-29(44)38(45)53-34-13-7-9-20-51-34)50-21-10-12-33(46)41-32-24-43(4)35(42-32)36(47)40-27-16-14-25(2)15-17-27;1-3-13-36-27(33)29-21-17-22(34-15-8-10-23(30)31)18(2)16-19(21)25(32)28-12-6-4-9-20(28)26(29)37-24-11-5-7-14-35-24;2-1-3/h5,14-17,22-24,29,34,38H,1,6-13,18-21H2,2-4H3,(H,40,47)(H,41,46);3,16-17,20,24,26H,1,4-15H2,2H3,(H,30,31);/t29-,34?,38?;20-,24?,26?;/m00./s1. The van der Waals surface area contributed by atoms with Crippen LogP contribution in [0.25, 0.3) is 0 Å². The van der Waals surface area contributed by atoms with Gasteiger partial charge in [-0.2, -0.15) is 9.59 Å². The van der Waals surface area contributed by atoms with E-state index in [1.165, 1.54) is 22.0 Å². The number of ether oxygens (including phenoxy) is 8. The third-order valence-corrected chi connectivity index (χ3v) is 16.5. The molecule has 26 nitrogen and oxygen atoms in total. The lowest BCUT2D eigenvalue weighted by atomic mass is 10.00. The monoisotopic (exact) mass is 1290 g/mol. The number of rotatable bonds is 21. The van der Waals surface area contributed by atoms with Crippen molar-refractivity contribution in [3.05, 3.63) is 114 Å². The Morgan fingerprint density at radius 3 is 1.59 bits per heavy atom. The van der Waals surface area contributed by atoms with E-state index in [0.717, 1.165) is 56.9 Å². The molecule has 4 unspecified atom stereocenters. The molecule has 4 fully saturated rings. The summed E-state index contributed by atoms with van der Waals surface area (Å²) >= 11 is 0. The lowest BCUT2D eigenvalue weighted by Gasteiger charge is -2.42. The zero-order chi connectivity index (χ0) is 66.6. The van der Waals surface area contributed by atoms with E-state index in [4.69, 9.17) is 52.6 Å². The molecular formula is C67H84N8O18. The Morgan fingerprint density at radius 2 is 1.14 bits per heavy atom. The third kappa shape index (κ3) is 18.2. The van der Waals surface area contributed by atoms with Gasteiger partial charge in [0.05, 0.1) is 47.8 Å². The zero-order valence-electron chi connectivity index (χ0n) is 53.3. The highest BCUT2D eigenvalue weighted by molar-refractivity contribution is 6.07. The lowest BCUT2D eigenvalue weighted by molar-refractivity contribution is -0.199. The van der Waals surface area contributed by atoms with E-state index in [0.29, 0.717) is 116 Å². The fourth-order valence-corrected chi connectivity index (χ4v) is 12.0. The van der Waals surface area contributed by atoms with Gasteiger partial charge in [-0.25, -0.2) is 24.4 Å². The average Bonchev–Trinajstić information content (AvgIpc) is 1.66. The first kappa shape index (κ1) is 69.9. The molecule has 4 aromatic rings. The minimum atomic E-state index is -0.898. The van der Waals surface area contributed by atoms with Crippen molar-refractivity contribution in [2.24, 2.45) is 7.05 Å².